The highest BCUT2D eigenvalue weighted by molar-refractivity contribution is 14.1. The summed E-state index contributed by atoms with van der Waals surface area (Å²) in [5, 5.41) is 9.46. The summed E-state index contributed by atoms with van der Waals surface area (Å²) >= 11 is 2.25. The van der Waals surface area contributed by atoms with Gasteiger partial charge in [-0.15, -0.1) is 0 Å². The van der Waals surface area contributed by atoms with Crippen LogP contribution in [0.25, 0.3) is 0 Å². The summed E-state index contributed by atoms with van der Waals surface area (Å²) in [6.07, 6.45) is 3.82. The summed E-state index contributed by atoms with van der Waals surface area (Å²) in [6.45, 7) is 1.99. The Balaban J connectivity index is 2.11. The van der Waals surface area contributed by atoms with Gasteiger partial charge in [-0.05, 0) is 32.6 Å². The maximum atomic E-state index is 11.8. The zero-order valence-electron chi connectivity index (χ0n) is 8.96. The number of esters is 1. The lowest BCUT2D eigenvalue weighted by Crippen LogP contribution is -2.36. The number of hydrogen-bond donors (Lipinski definition) is 1. The van der Waals surface area contributed by atoms with Gasteiger partial charge in [-0.25, -0.2) is 0 Å². The van der Waals surface area contributed by atoms with Gasteiger partial charge in [-0.2, -0.15) is 0 Å². The van der Waals surface area contributed by atoms with Gasteiger partial charge in [0, 0.05) is 10.8 Å². The first-order chi connectivity index (χ1) is 7.00. The average Bonchev–Trinajstić information content (AvgIpc) is 2.46. The predicted molar refractivity (Wildman–Crippen MR) is 64.9 cm³/mol. The lowest BCUT2D eigenvalue weighted by atomic mass is 9.75. The average molecular weight is 324 g/mol. The van der Waals surface area contributed by atoms with E-state index in [9.17, 15) is 9.90 Å². The van der Waals surface area contributed by atoms with Gasteiger partial charge in [0.15, 0.2) is 0 Å². The van der Waals surface area contributed by atoms with E-state index in [1.807, 2.05) is 6.92 Å². The van der Waals surface area contributed by atoms with Crippen LogP contribution in [0.4, 0.5) is 0 Å². The fraction of sp³-hybridized carbons (Fsp3) is 0.909. The Hall–Kier alpha value is 0.160. The first-order valence-corrected chi connectivity index (χ1v) is 7.00. The molecule has 0 aromatic heterocycles. The highest BCUT2D eigenvalue weighted by Crippen LogP contribution is 2.48. The summed E-state index contributed by atoms with van der Waals surface area (Å²) in [7, 11) is 0. The molecule has 86 valence electrons. The molecule has 1 saturated carbocycles. The molecule has 0 bridgehead atoms. The van der Waals surface area contributed by atoms with Crippen LogP contribution in [0.3, 0.4) is 0 Å². The van der Waals surface area contributed by atoms with Crippen molar-refractivity contribution in [3.8, 4) is 0 Å². The van der Waals surface area contributed by atoms with Crippen molar-refractivity contribution in [1.82, 2.24) is 0 Å². The molecule has 1 aliphatic carbocycles. The Morgan fingerprint density at radius 1 is 1.53 bits per heavy atom. The number of ether oxygens (including phenoxy) is 1. The molecule has 1 unspecified atom stereocenters. The molecule has 3 nitrogen and oxygen atoms in total. The van der Waals surface area contributed by atoms with E-state index in [2.05, 4.69) is 22.6 Å². The minimum Gasteiger partial charge on any atom is -0.459 e. The lowest BCUT2D eigenvalue weighted by molar-refractivity contribution is -0.156. The number of hydrogen-bond acceptors (Lipinski definition) is 3. The molecule has 1 aliphatic heterocycles. The molecule has 1 spiro atoms. The van der Waals surface area contributed by atoms with E-state index in [0.717, 1.165) is 36.5 Å². The van der Waals surface area contributed by atoms with Gasteiger partial charge < -0.3 is 9.84 Å². The zero-order valence-corrected chi connectivity index (χ0v) is 11.1. The number of aliphatic hydroxyl groups excluding tert-OH is 1. The third-order valence-electron chi connectivity index (χ3n) is 3.68. The van der Waals surface area contributed by atoms with E-state index in [0.29, 0.717) is 0 Å². The third-order valence-corrected chi connectivity index (χ3v) is 5.36. The molecule has 4 heteroatoms. The molecular weight excluding hydrogens is 307 g/mol. The minimum atomic E-state index is -0.303. The van der Waals surface area contributed by atoms with Crippen molar-refractivity contribution in [1.29, 1.82) is 0 Å². The third kappa shape index (κ3) is 2.02. The molecule has 1 atom stereocenters. The van der Waals surface area contributed by atoms with Crippen LogP contribution in [0.5, 0.6) is 0 Å². The second kappa shape index (κ2) is 3.87. The summed E-state index contributed by atoms with van der Waals surface area (Å²) in [6, 6.07) is 0. The van der Waals surface area contributed by atoms with E-state index in [4.69, 9.17) is 4.74 Å². The van der Waals surface area contributed by atoms with Crippen molar-refractivity contribution in [2.75, 3.05) is 4.43 Å². The molecule has 2 rings (SSSR count). The Morgan fingerprint density at radius 2 is 2.13 bits per heavy atom. The number of halogens is 1. The predicted octanol–water partition coefficient (Wildman–Crippen LogP) is 2.05. The van der Waals surface area contributed by atoms with Crippen LogP contribution >= 0.6 is 22.6 Å². The van der Waals surface area contributed by atoms with Crippen molar-refractivity contribution in [2.24, 2.45) is 5.41 Å². The van der Waals surface area contributed by atoms with E-state index >= 15 is 0 Å². The quantitative estimate of drug-likeness (QED) is 0.456. The van der Waals surface area contributed by atoms with Crippen LogP contribution in [0.15, 0.2) is 0 Å². The van der Waals surface area contributed by atoms with Gasteiger partial charge in [0.25, 0.3) is 0 Å². The molecule has 0 radical (unpaired) electrons. The van der Waals surface area contributed by atoms with Crippen LogP contribution in [-0.4, -0.2) is 27.2 Å². The van der Waals surface area contributed by atoms with E-state index in [-0.39, 0.29) is 23.1 Å². The second-order valence-corrected chi connectivity index (χ2v) is 5.94. The SMILES string of the molecule is CC1(CI)CC2(CCC(O)CC2)OC1=O. The molecule has 0 aromatic rings. The summed E-state index contributed by atoms with van der Waals surface area (Å²) in [5.74, 6) is -0.0479. The molecule has 2 aliphatic rings. The van der Waals surface area contributed by atoms with Crippen LogP contribution < -0.4 is 0 Å². The van der Waals surface area contributed by atoms with Crippen LogP contribution in [-0.2, 0) is 9.53 Å². The highest BCUT2D eigenvalue weighted by atomic mass is 127. The molecule has 2 fully saturated rings. The largest absolute Gasteiger partial charge is 0.459 e. The molecular formula is C11H17IO3. The van der Waals surface area contributed by atoms with Gasteiger partial charge in [0.1, 0.15) is 5.60 Å². The standard InChI is InChI=1S/C11H17IO3/c1-10(7-12)6-11(15-9(10)14)4-2-8(13)3-5-11/h8,13H,2-7H2,1H3. The van der Waals surface area contributed by atoms with Crippen molar-refractivity contribution in [2.45, 2.75) is 50.7 Å². The molecule has 1 heterocycles. The van der Waals surface area contributed by atoms with Crippen LogP contribution in [0.1, 0.15) is 39.0 Å². The summed E-state index contributed by atoms with van der Waals surface area (Å²) in [5.41, 5.74) is -0.556. The topological polar surface area (TPSA) is 46.5 Å². The normalized spacial score (nSPS) is 45.8. The van der Waals surface area contributed by atoms with Gasteiger partial charge in [0.05, 0.1) is 11.5 Å². The van der Waals surface area contributed by atoms with E-state index in [1.165, 1.54) is 0 Å². The summed E-state index contributed by atoms with van der Waals surface area (Å²) < 4.78 is 6.40. The first-order valence-electron chi connectivity index (χ1n) is 5.47. The smallest absolute Gasteiger partial charge is 0.313 e. The van der Waals surface area contributed by atoms with Gasteiger partial charge >= 0.3 is 5.97 Å². The number of alkyl halides is 1. The van der Waals surface area contributed by atoms with Crippen LogP contribution in [0.2, 0.25) is 0 Å². The maximum Gasteiger partial charge on any atom is 0.313 e. The van der Waals surface area contributed by atoms with Crippen molar-refractivity contribution < 1.29 is 14.6 Å². The Kier molecular flexibility index (Phi) is 3.01. The van der Waals surface area contributed by atoms with Crippen molar-refractivity contribution in [3.63, 3.8) is 0 Å². The minimum absolute atomic E-state index is 0.0479. The monoisotopic (exact) mass is 324 g/mol. The zero-order chi connectivity index (χ0) is 11.1. The van der Waals surface area contributed by atoms with E-state index < -0.39 is 0 Å². The second-order valence-electron chi connectivity index (χ2n) is 5.17. The maximum absolute atomic E-state index is 11.8. The lowest BCUT2D eigenvalue weighted by Gasteiger charge is -2.34. The number of carbonyl (C=O) groups excluding carboxylic acids is 1. The fourth-order valence-corrected chi connectivity index (χ4v) is 3.23. The molecule has 1 saturated heterocycles. The van der Waals surface area contributed by atoms with Gasteiger partial charge in [-0.1, -0.05) is 22.6 Å². The highest BCUT2D eigenvalue weighted by Gasteiger charge is 2.54. The van der Waals surface area contributed by atoms with Gasteiger partial charge in [-0.3, -0.25) is 4.79 Å². The van der Waals surface area contributed by atoms with E-state index in [1.54, 1.807) is 0 Å². The molecule has 15 heavy (non-hydrogen) atoms. The molecule has 1 N–H and O–H groups in total. The fourth-order valence-electron chi connectivity index (χ4n) is 2.65. The molecule has 0 aromatic carbocycles. The number of rotatable bonds is 1. The Morgan fingerprint density at radius 3 is 2.60 bits per heavy atom. The summed E-state index contributed by atoms with van der Waals surface area (Å²) in [4.78, 5) is 11.8. The molecule has 0 amide bonds. The Bertz CT molecular complexity index is 271. The Labute approximate surface area is 104 Å². The van der Waals surface area contributed by atoms with Crippen molar-refractivity contribution >= 4 is 28.6 Å². The van der Waals surface area contributed by atoms with Gasteiger partial charge in [0.2, 0.25) is 0 Å². The number of aliphatic hydroxyl groups is 1. The van der Waals surface area contributed by atoms with Crippen molar-refractivity contribution in [3.05, 3.63) is 0 Å². The number of carbonyl (C=O) groups is 1. The first kappa shape index (κ1) is 11.6. The van der Waals surface area contributed by atoms with Crippen LogP contribution in [0, 0.1) is 5.41 Å².